The lowest BCUT2D eigenvalue weighted by Crippen LogP contribution is -2.28. The molecule has 0 aromatic carbocycles. The molecule has 1 aromatic rings. The van der Waals surface area contributed by atoms with Gasteiger partial charge < -0.3 is 19.8 Å². The molecule has 0 aliphatic carbocycles. The molecule has 0 unspecified atom stereocenters. The number of rotatable bonds is 18. The minimum absolute atomic E-state index is 0.159. The van der Waals surface area contributed by atoms with Gasteiger partial charge in [0.05, 0.1) is 12.7 Å². The van der Waals surface area contributed by atoms with Crippen LogP contribution in [0, 0.1) is 0 Å². The predicted octanol–water partition coefficient (Wildman–Crippen LogP) is 5.06. The molecule has 1 saturated heterocycles. The first kappa shape index (κ1) is 29.6. The van der Waals surface area contributed by atoms with Gasteiger partial charge in [-0.2, -0.15) is 4.98 Å². The predicted molar refractivity (Wildman–Crippen MR) is 134 cm³/mol. The molecule has 1 aromatic heterocycles. The van der Waals surface area contributed by atoms with Crippen LogP contribution in [0.4, 0.5) is 5.82 Å². The lowest BCUT2D eigenvalue weighted by Gasteiger charge is -2.16. The number of anilines is 1. The van der Waals surface area contributed by atoms with Crippen molar-refractivity contribution >= 4 is 19.5 Å². The van der Waals surface area contributed by atoms with Crippen LogP contribution in [0.3, 0.4) is 0 Å². The van der Waals surface area contributed by atoms with E-state index in [9.17, 15) is 14.2 Å². The van der Waals surface area contributed by atoms with Crippen molar-refractivity contribution in [3.63, 3.8) is 0 Å². The van der Waals surface area contributed by atoms with Crippen LogP contribution in [-0.2, 0) is 18.6 Å². The second-order valence-corrected chi connectivity index (χ2v) is 10.5. The Morgan fingerprint density at radius 2 is 1.69 bits per heavy atom. The highest BCUT2D eigenvalue weighted by Gasteiger charge is 2.29. The molecular weight excluding hydrogens is 473 g/mol. The number of nitrogens with one attached hydrogen (secondary N) is 1. The zero-order chi connectivity index (χ0) is 25.5. The van der Waals surface area contributed by atoms with Crippen LogP contribution in [0.15, 0.2) is 17.1 Å². The fourth-order valence-electron chi connectivity index (χ4n) is 4.23. The highest BCUT2D eigenvalue weighted by Crippen LogP contribution is 2.37. The molecular formula is C24H42N3O7P. The van der Waals surface area contributed by atoms with E-state index in [0.29, 0.717) is 19.3 Å². The summed E-state index contributed by atoms with van der Waals surface area (Å²) >= 11 is 0. The van der Waals surface area contributed by atoms with E-state index in [4.69, 9.17) is 14.5 Å². The van der Waals surface area contributed by atoms with E-state index < -0.39 is 25.8 Å². The van der Waals surface area contributed by atoms with Gasteiger partial charge in [-0.15, -0.1) is 0 Å². The molecule has 3 N–H and O–H groups in total. The lowest BCUT2D eigenvalue weighted by atomic mass is 10.0. The van der Waals surface area contributed by atoms with Gasteiger partial charge in [0.25, 0.3) is 0 Å². The minimum Gasteiger partial charge on any atom is -0.352 e. The number of phosphoric acid groups is 1. The molecule has 1 fully saturated rings. The van der Waals surface area contributed by atoms with Crippen molar-refractivity contribution in [1.29, 1.82) is 0 Å². The molecule has 1 aliphatic rings. The number of amides is 1. The van der Waals surface area contributed by atoms with Crippen molar-refractivity contribution in [2.75, 3.05) is 11.9 Å². The molecule has 200 valence electrons. The van der Waals surface area contributed by atoms with E-state index >= 15 is 0 Å². The lowest BCUT2D eigenvalue weighted by molar-refractivity contribution is -0.116. The summed E-state index contributed by atoms with van der Waals surface area (Å²) in [5.74, 6) is 0.0445. The molecule has 2 atom stereocenters. The smallest absolute Gasteiger partial charge is 0.352 e. The van der Waals surface area contributed by atoms with E-state index in [0.717, 1.165) is 19.3 Å². The van der Waals surface area contributed by atoms with Gasteiger partial charge in [-0.05, 0) is 25.3 Å². The summed E-state index contributed by atoms with van der Waals surface area (Å²) < 4.78 is 22.2. The van der Waals surface area contributed by atoms with E-state index in [1.807, 2.05) is 0 Å². The maximum atomic E-state index is 12.4. The summed E-state index contributed by atoms with van der Waals surface area (Å²) in [6, 6.07) is 1.55. The number of hydrogen-bond acceptors (Lipinski definition) is 6. The Labute approximate surface area is 208 Å². The topological polar surface area (TPSA) is 140 Å². The van der Waals surface area contributed by atoms with Gasteiger partial charge in [0.2, 0.25) is 5.91 Å². The number of ether oxygens (including phenoxy) is 1. The SMILES string of the molecule is CCCCCCCCCCCCCCC(=O)Nc1ccn([C@H]2CC[C@@H](COP(=O)(O)O)O2)c(=O)n1. The van der Waals surface area contributed by atoms with Crippen LogP contribution in [-0.4, -0.2) is 38.0 Å². The van der Waals surface area contributed by atoms with Crippen LogP contribution < -0.4 is 11.0 Å². The Kier molecular flexibility index (Phi) is 13.7. The summed E-state index contributed by atoms with van der Waals surface area (Å²) in [7, 11) is -4.56. The van der Waals surface area contributed by atoms with Crippen molar-refractivity contribution in [1.82, 2.24) is 9.55 Å². The molecule has 0 spiro atoms. The molecule has 0 radical (unpaired) electrons. The van der Waals surface area contributed by atoms with E-state index in [-0.39, 0.29) is 18.3 Å². The second-order valence-electron chi connectivity index (χ2n) is 9.27. The Balaban J connectivity index is 1.59. The van der Waals surface area contributed by atoms with E-state index in [1.54, 1.807) is 6.07 Å². The number of aromatic nitrogens is 2. The largest absolute Gasteiger partial charge is 0.469 e. The van der Waals surface area contributed by atoms with Gasteiger partial charge in [-0.25, -0.2) is 9.36 Å². The number of hydrogen-bond donors (Lipinski definition) is 3. The maximum Gasteiger partial charge on any atom is 0.469 e. The van der Waals surface area contributed by atoms with Gasteiger partial charge >= 0.3 is 13.5 Å². The van der Waals surface area contributed by atoms with Gasteiger partial charge in [0.1, 0.15) is 12.0 Å². The van der Waals surface area contributed by atoms with Crippen molar-refractivity contribution in [3.8, 4) is 0 Å². The Bertz CT molecular complexity index is 858. The first-order valence-corrected chi connectivity index (χ1v) is 14.6. The molecule has 35 heavy (non-hydrogen) atoms. The summed E-state index contributed by atoms with van der Waals surface area (Å²) in [5.41, 5.74) is -0.560. The molecule has 0 saturated carbocycles. The fraction of sp³-hybridized carbons (Fsp3) is 0.792. The molecule has 1 aliphatic heterocycles. The average molecular weight is 516 g/mol. The molecule has 11 heteroatoms. The molecule has 1 amide bonds. The standard InChI is InChI=1S/C24H42N3O7P/c1-2-3-4-5-6-7-8-9-10-11-12-13-14-22(28)25-21-17-18-27(24(29)26-21)23-16-15-20(34-23)19-33-35(30,31)32/h17-18,20,23H,2-16,19H2,1H3,(H2,30,31,32)(H,25,26,28,29)/t20-,23+/m0/s1. The van der Waals surface area contributed by atoms with Crippen LogP contribution in [0.1, 0.15) is 109 Å². The molecule has 10 nitrogen and oxygen atoms in total. The number of unbranched alkanes of at least 4 members (excludes halogenated alkanes) is 11. The Morgan fingerprint density at radius 1 is 1.09 bits per heavy atom. The Morgan fingerprint density at radius 3 is 2.26 bits per heavy atom. The number of phosphoric ester groups is 1. The fourth-order valence-corrected chi connectivity index (χ4v) is 4.59. The number of carbonyl (C=O) groups excluding carboxylic acids is 1. The molecule has 0 bridgehead atoms. The average Bonchev–Trinajstić information content (AvgIpc) is 3.27. The van der Waals surface area contributed by atoms with Crippen molar-refractivity contribution in [2.24, 2.45) is 0 Å². The van der Waals surface area contributed by atoms with Gasteiger partial charge in [-0.1, -0.05) is 77.6 Å². The number of carbonyl (C=O) groups is 1. The van der Waals surface area contributed by atoms with Gasteiger partial charge in [0.15, 0.2) is 0 Å². The summed E-state index contributed by atoms with van der Waals surface area (Å²) in [5, 5.41) is 2.68. The van der Waals surface area contributed by atoms with Crippen molar-refractivity contribution in [3.05, 3.63) is 22.7 Å². The van der Waals surface area contributed by atoms with Crippen LogP contribution >= 0.6 is 7.82 Å². The quantitative estimate of drug-likeness (QED) is 0.182. The highest BCUT2D eigenvalue weighted by molar-refractivity contribution is 7.46. The van der Waals surface area contributed by atoms with Gasteiger partial charge in [-0.3, -0.25) is 13.9 Å². The normalized spacial score (nSPS) is 18.1. The third-order valence-electron chi connectivity index (χ3n) is 6.18. The van der Waals surface area contributed by atoms with Crippen LogP contribution in [0.25, 0.3) is 0 Å². The first-order chi connectivity index (χ1) is 16.8. The zero-order valence-corrected chi connectivity index (χ0v) is 21.8. The number of nitrogens with zero attached hydrogens (tertiary/aromatic N) is 2. The molecule has 2 rings (SSSR count). The summed E-state index contributed by atoms with van der Waals surface area (Å²) in [6.07, 6.45) is 16.6. The third-order valence-corrected chi connectivity index (χ3v) is 6.66. The summed E-state index contributed by atoms with van der Waals surface area (Å²) in [4.78, 5) is 46.0. The highest BCUT2D eigenvalue weighted by atomic mass is 31.2. The van der Waals surface area contributed by atoms with E-state index in [1.165, 1.54) is 68.6 Å². The van der Waals surface area contributed by atoms with Gasteiger partial charge in [0, 0.05) is 12.6 Å². The van der Waals surface area contributed by atoms with Crippen LogP contribution in [0.5, 0.6) is 0 Å². The van der Waals surface area contributed by atoms with E-state index in [2.05, 4.69) is 21.7 Å². The van der Waals surface area contributed by atoms with Crippen LogP contribution in [0.2, 0.25) is 0 Å². The monoisotopic (exact) mass is 515 g/mol. The second kappa shape index (κ2) is 16.2. The van der Waals surface area contributed by atoms with Crippen molar-refractivity contribution in [2.45, 2.75) is 116 Å². The first-order valence-electron chi connectivity index (χ1n) is 13.0. The molecule has 2 heterocycles. The minimum atomic E-state index is -4.56. The zero-order valence-electron chi connectivity index (χ0n) is 20.9. The third kappa shape index (κ3) is 12.8. The maximum absolute atomic E-state index is 12.4. The Hall–Kier alpha value is -1.58. The summed E-state index contributed by atoms with van der Waals surface area (Å²) in [6.45, 7) is 1.98. The van der Waals surface area contributed by atoms with Crippen molar-refractivity contribution < 1.29 is 28.4 Å².